The van der Waals surface area contributed by atoms with E-state index in [4.69, 9.17) is 4.74 Å². The molecule has 1 heterocycles. The van der Waals surface area contributed by atoms with Crippen molar-refractivity contribution >= 4 is 16.8 Å². The van der Waals surface area contributed by atoms with Gasteiger partial charge in [-0.05, 0) is 38.1 Å². The number of amides is 1. The molecule has 2 aromatic carbocycles. The summed E-state index contributed by atoms with van der Waals surface area (Å²) in [6.45, 7) is 4.32. The Morgan fingerprint density at radius 1 is 1.12 bits per heavy atom. The highest BCUT2D eigenvalue weighted by Gasteiger charge is 2.13. The summed E-state index contributed by atoms with van der Waals surface area (Å²) in [7, 11) is 1.63. The number of ether oxygens (including phenoxy) is 1. The maximum atomic E-state index is 12.7. The van der Waals surface area contributed by atoms with Gasteiger partial charge >= 0.3 is 0 Å². The van der Waals surface area contributed by atoms with Crippen LogP contribution in [0.2, 0.25) is 0 Å². The van der Waals surface area contributed by atoms with Gasteiger partial charge in [-0.25, -0.2) is 0 Å². The molecule has 0 spiro atoms. The van der Waals surface area contributed by atoms with Crippen LogP contribution in [-0.4, -0.2) is 18.0 Å². The minimum absolute atomic E-state index is 0.109. The molecule has 0 bridgehead atoms. The van der Waals surface area contributed by atoms with Crippen molar-refractivity contribution < 1.29 is 9.53 Å². The minimum atomic E-state index is -0.109. The minimum Gasteiger partial charge on any atom is -0.496 e. The number of methoxy groups -OCH3 is 1. The van der Waals surface area contributed by atoms with Crippen LogP contribution in [0.3, 0.4) is 0 Å². The van der Waals surface area contributed by atoms with Gasteiger partial charge in [-0.1, -0.05) is 29.8 Å². The maximum absolute atomic E-state index is 12.7. The number of nitrogens with zero attached hydrogens (tertiary/aromatic N) is 1. The number of rotatable bonds is 4. The molecule has 0 aliphatic carbocycles. The molecule has 0 fully saturated rings. The SMILES string of the molecule is COc1ccccc1CNC(=O)c1cc(C)nc2ccc(C)cc12. The average Bonchev–Trinajstić information content (AvgIpc) is 2.59. The van der Waals surface area contributed by atoms with Crippen LogP contribution >= 0.6 is 0 Å². The molecule has 3 rings (SSSR count). The number of carbonyl (C=O) groups excluding carboxylic acids is 1. The third kappa shape index (κ3) is 3.23. The Labute approximate surface area is 141 Å². The van der Waals surface area contributed by atoms with Gasteiger partial charge in [0.25, 0.3) is 5.91 Å². The Morgan fingerprint density at radius 2 is 1.92 bits per heavy atom. The smallest absolute Gasteiger partial charge is 0.252 e. The van der Waals surface area contributed by atoms with E-state index < -0.39 is 0 Å². The summed E-state index contributed by atoms with van der Waals surface area (Å²) < 4.78 is 5.33. The highest BCUT2D eigenvalue weighted by atomic mass is 16.5. The van der Waals surface area contributed by atoms with Crippen molar-refractivity contribution in [1.82, 2.24) is 10.3 Å². The first-order valence-electron chi connectivity index (χ1n) is 7.86. The Hall–Kier alpha value is -2.88. The molecule has 0 unspecified atom stereocenters. The molecule has 24 heavy (non-hydrogen) atoms. The monoisotopic (exact) mass is 320 g/mol. The van der Waals surface area contributed by atoms with Gasteiger partial charge < -0.3 is 10.1 Å². The fraction of sp³-hybridized carbons (Fsp3) is 0.200. The average molecular weight is 320 g/mol. The standard InChI is InChI=1S/C20H20N2O2/c1-13-8-9-18-16(10-13)17(11-14(2)22-18)20(23)21-12-15-6-4-5-7-19(15)24-3/h4-11H,12H2,1-3H3,(H,21,23). The highest BCUT2D eigenvalue weighted by Crippen LogP contribution is 2.21. The molecule has 0 atom stereocenters. The number of para-hydroxylation sites is 1. The van der Waals surface area contributed by atoms with E-state index in [2.05, 4.69) is 10.3 Å². The lowest BCUT2D eigenvalue weighted by Crippen LogP contribution is -2.23. The number of hydrogen-bond donors (Lipinski definition) is 1. The largest absolute Gasteiger partial charge is 0.496 e. The van der Waals surface area contributed by atoms with Gasteiger partial charge in [0.1, 0.15) is 5.75 Å². The molecule has 3 aromatic rings. The zero-order chi connectivity index (χ0) is 17.1. The zero-order valence-corrected chi connectivity index (χ0v) is 14.1. The van der Waals surface area contributed by atoms with Crippen LogP contribution < -0.4 is 10.1 Å². The lowest BCUT2D eigenvalue weighted by Gasteiger charge is -2.11. The quantitative estimate of drug-likeness (QED) is 0.795. The molecule has 0 saturated heterocycles. The summed E-state index contributed by atoms with van der Waals surface area (Å²) in [5.41, 5.74) is 4.36. The topological polar surface area (TPSA) is 51.2 Å². The van der Waals surface area contributed by atoms with Crippen LogP contribution in [0.15, 0.2) is 48.5 Å². The second kappa shape index (κ2) is 6.71. The highest BCUT2D eigenvalue weighted by molar-refractivity contribution is 6.06. The first-order valence-corrected chi connectivity index (χ1v) is 7.86. The summed E-state index contributed by atoms with van der Waals surface area (Å²) in [5, 5.41) is 3.86. The number of benzene rings is 2. The van der Waals surface area contributed by atoms with Gasteiger partial charge in [0.15, 0.2) is 0 Å². The Bertz CT molecular complexity index is 903. The van der Waals surface area contributed by atoms with Crippen molar-refractivity contribution in [3.8, 4) is 5.75 Å². The molecule has 0 aliphatic heterocycles. The van der Waals surface area contributed by atoms with E-state index in [-0.39, 0.29) is 5.91 Å². The molecule has 0 saturated carbocycles. The van der Waals surface area contributed by atoms with E-state index in [0.29, 0.717) is 12.1 Å². The molecule has 0 radical (unpaired) electrons. The van der Waals surface area contributed by atoms with Crippen molar-refractivity contribution in [3.05, 3.63) is 70.9 Å². The third-order valence-corrected chi connectivity index (χ3v) is 3.97. The first kappa shape index (κ1) is 16.0. The third-order valence-electron chi connectivity index (χ3n) is 3.97. The van der Waals surface area contributed by atoms with Gasteiger partial charge in [0.05, 0.1) is 18.2 Å². The van der Waals surface area contributed by atoms with Gasteiger partial charge in [-0.15, -0.1) is 0 Å². The molecule has 4 heteroatoms. The van der Waals surface area contributed by atoms with Crippen LogP contribution in [0, 0.1) is 13.8 Å². The molecule has 1 N–H and O–H groups in total. The second-order valence-electron chi connectivity index (χ2n) is 5.83. The number of nitrogens with one attached hydrogen (secondary N) is 1. The van der Waals surface area contributed by atoms with E-state index in [0.717, 1.165) is 33.5 Å². The molecular weight excluding hydrogens is 300 g/mol. The Morgan fingerprint density at radius 3 is 2.71 bits per heavy atom. The summed E-state index contributed by atoms with van der Waals surface area (Å²) in [6.07, 6.45) is 0. The van der Waals surface area contributed by atoms with Crippen molar-refractivity contribution in [2.75, 3.05) is 7.11 Å². The zero-order valence-electron chi connectivity index (χ0n) is 14.1. The summed E-state index contributed by atoms with van der Waals surface area (Å²) in [5.74, 6) is 0.659. The van der Waals surface area contributed by atoms with Gasteiger partial charge in [-0.3, -0.25) is 9.78 Å². The number of pyridine rings is 1. The van der Waals surface area contributed by atoms with Gasteiger partial charge in [0.2, 0.25) is 0 Å². The van der Waals surface area contributed by atoms with Crippen LogP contribution in [-0.2, 0) is 6.54 Å². The van der Waals surface area contributed by atoms with Crippen LogP contribution in [0.5, 0.6) is 5.75 Å². The van der Waals surface area contributed by atoms with Crippen LogP contribution in [0.1, 0.15) is 27.2 Å². The Balaban J connectivity index is 1.90. The van der Waals surface area contributed by atoms with Crippen LogP contribution in [0.4, 0.5) is 0 Å². The van der Waals surface area contributed by atoms with E-state index in [1.165, 1.54) is 0 Å². The maximum Gasteiger partial charge on any atom is 0.252 e. The fourth-order valence-electron chi connectivity index (χ4n) is 2.78. The number of fused-ring (bicyclic) bond motifs is 1. The van der Waals surface area contributed by atoms with E-state index in [1.54, 1.807) is 7.11 Å². The number of aryl methyl sites for hydroxylation is 2. The molecule has 122 valence electrons. The fourth-order valence-corrected chi connectivity index (χ4v) is 2.78. The normalized spacial score (nSPS) is 10.6. The predicted octanol–water partition coefficient (Wildman–Crippen LogP) is 3.79. The summed E-state index contributed by atoms with van der Waals surface area (Å²) in [4.78, 5) is 17.2. The lowest BCUT2D eigenvalue weighted by atomic mass is 10.0. The number of hydrogen-bond acceptors (Lipinski definition) is 3. The number of aromatic nitrogens is 1. The lowest BCUT2D eigenvalue weighted by molar-refractivity contribution is 0.0952. The van der Waals surface area contributed by atoms with Gasteiger partial charge in [0, 0.05) is 23.2 Å². The van der Waals surface area contributed by atoms with E-state index >= 15 is 0 Å². The van der Waals surface area contributed by atoms with E-state index in [9.17, 15) is 4.79 Å². The van der Waals surface area contributed by atoms with Crippen molar-refractivity contribution in [2.24, 2.45) is 0 Å². The molecule has 4 nitrogen and oxygen atoms in total. The first-order chi connectivity index (χ1) is 11.6. The predicted molar refractivity (Wildman–Crippen MR) is 95.4 cm³/mol. The molecule has 0 aliphatic rings. The summed E-state index contributed by atoms with van der Waals surface area (Å²) >= 11 is 0. The molecular formula is C20H20N2O2. The second-order valence-corrected chi connectivity index (χ2v) is 5.83. The summed E-state index contributed by atoms with van der Waals surface area (Å²) in [6, 6.07) is 15.5. The van der Waals surface area contributed by atoms with Crippen molar-refractivity contribution in [2.45, 2.75) is 20.4 Å². The van der Waals surface area contributed by atoms with Crippen molar-refractivity contribution in [1.29, 1.82) is 0 Å². The molecule has 1 amide bonds. The van der Waals surface area contributed by atoms with Crippen molar-refractivity contribution in [3.63, 3.8) is 0 Å². The molecule has 1 aromatic heterocycles. The Kier molecular flexibility index (Phi) is 4.47. The van der Waals surface area contributed by atoms with Crippen LogP contribution in [0.25, 0.3) is 10.9 Å². The van der Waals surface area contributed by atoms with Gasteiger partial charge in [-0.2, -0.15) is 0 Å². The number of carbonyl (C=O) groups is 1. The van der Waals surface area contributed by atoms with E-state index in [1.807, 2.05) is 62.4 Å².